The van der Waals surface area contributed by atoms with E-state index in [2.05, 4.69) is 25.4 Å². The number of aryl methyl sites for hydroxylation is 1. The summed E-state index contributed by atoms with van der Waals surface area (Å²) in [5.74, 6) is 1.14. The fourth-order valence-corrected chi connectivity index (χ4v) is 4.66. The molecule has 0 bridgehead atoms. The molecular formula is C24H20N6O4S. The van der Waals surface area contributed by atoms with Crippen LogP contribution < -0.4 is 15.6 Å². The fourth-order valence-electron chi connectivity index (χ4n) is 3.60. The quantitative estimate of drug-likeness (QED) is 0.370. The van der Waals surface area contributed by atoms with Gasteiger partial charge in [-0.2, -0.15) is 4.98 Å². The van der Waals surface area contributed by atoms with Crippen LogP contribution in [0.25, 0.3) is 32.4 Å². The normalized spacial score (nSPS) is 11.0. The number of ether oxygens (including phenoxy) is 1. The highest BCUT2D eigenvalue weighted by atomic mass is 32.1. The summed E-state index contributed by atoms with van der Waals surface area (Å²) in [7, 11) is 1.59. The molecule has 0 saturated carbocycles. The van der Waals surface area contributed by atoms with E-state index in [9.17, 15) is 9.59 Å². The average molecular weight is 489 g/mol. The molecule has 0 aliphatic rings. The molecule has 4 aromatic heterocycles. The van der Waals surface area contributed by atoms with E-state index in [4.69, 9.17) is 9.26 Å². The van der Waals surface area contributed by atoms with Crippen LogP contribution in [0.5, 0.6) is 5.75 Å². The highest BCUT2D eigenvalue weighted by molar-refractivity contribution is 7.22. The first-order valence-electron chi connectivity index (χ1n) is 10.7. The molecule has 10 nitrogen and oxygen atoms in total. The Bertz CT molecular complexity index is 1570. The zero-order chi connectivity index (χ0) is 24.4. The highest BCUT2D eigenvalue weighted by Crippen LogP contribution is 2.35. The Hall–Kier alpha value is -4.38. The van der Waals surface area contributed by atoms with Gasteiger partial charge in [-0.15, -0.1) is 11.3 Å². The van der Waals surface area contributed by atoms with E-state index in [1.165, 1.54) is 22.2 Å². The number of benzene rings is 1. The summed E-state index contributed by atoms with van der Waals surface area (Å²) in [6.45, 7) is 1.98. The zero-order valence-electron chi connectivity index (χ0n) is 18.9. The second-order valence-electron chi connectivity index (χ2n) is 7.70. The van der Waals surface area contributed by atoms with Crippen molar-refractivity contribution in [1.29, 1.82) is 0 Å². The lowest BCUT2D eigenvalue weighted by Gasteiger charge is -2.08. The highest BCUT2D eigenvalue weighted by Gasteiger charge is 2.21. The molecule has 1 amide bonds. The van der Waals surface area contributed by atoms with Crippen molar-refractivity contribution in [2.45, 2.75) is 20.0 Å². The molecule has 0 spiro atoms. The van der Waals surface area contributed by atoms with Gasteiger partial charge in [0.25, 0.3) is 11.4 Å². The van der Waals surface area contributed by atoms with Gasteiger partial charge in [0.2, 0.25) is 11.7 Å². The van der Waals surface area contributed by atoms with E-state index < -0.39 is 0 Å². The van der Waals surface area contributed by atoms with Gasteiger partial charge in [0.15, 0.2) is 0 Å². The molecule has 0 radical (unpaired) electrons. The standard InChI is InChI=1S/C24H20N6O4S/c1-14-19-23(35-20(14)22-28-21(29-34-22)16-6-8-25-9-7-16)27-13-30(24(19)32)12-18(31)26-11-15-4-3-5-17(10-15)33-2/h3-10,13H,11-12H2,1-2H3,(H,26,31). The Morgan fingerprint density at radius 1 is 1.23 bits per heavy atom. The Balaban J connectivity index is 1.36. The van der Waals surface area contributed by atoms with Crippen LogP contribution in [0.15, 0.2) is 64.4 Å². The Morgan fingerprint density at radius 2 is 2.06 bits per heavy atom. The van der Waals surface area contributed by atoms with E-state index in [1.807, 2.05) is 24.3 Å². The number of carbonyl (C=O) groups is 1. The molecule has 0 aliphatic heterocycles. The van der Waals surface area contributed by atoms with Crippen molar-refractivity contribution >= 4 is 27.5 Å². The van der Waals surface area contributed by atoms with Crippen molar-refractivity contribution in [1.82, 2.24) is 30.0 Å². The number of nitrogens with zero attached hydrogens (tertiary/aromatic N) is 5. The van der Waals surface area contributed by atoms with Gasteiger partial charge in [0.05, 0.1) is 23.7 Å². The molecular weight excluding hydrogens is 468 g/mol. The molecule has 0 saturated heterocycles. The molecule has 0 aliphatic carbocycles. The second kappa shape index (κ2) is 9.47. The van der Waals surface area contributed by atoms with Crippen molar-refractivity contribution in [2.75, 3.05) is 7.11 Å². The van der Waals surface area contributed by atoms with Crippen molar-refractivity contribution in [3.8, 4) is 27.9 Å². The van der Waals surface area contributed by atoms with Gasteiger partial charge in [0, 0.05) is 24.5 Å². The number of aromatic nitrogens is 5. The molecule has 1 N–H and O–H groups in total. The molecule has 0 unspecified atom stereocenters. The number of rotatable bonds is 7. The van der Waals surface area contributed by atoms with Crippen LogP contribution in [0.3, 0.4) is 0 Å². The van der Waals surface area contributed by atoms with Crippen molar-refractivity contribution in [3.63, 3.8) is 0 Å². The lowest BCUT2D eigenvalue weighted by Crippen LogP contribution is -2.32. The molecule has 35 heavy (non-hydrogen) atoms. The topological polar surface area (TPSA) is 125 Å². The van der Waals surface area contributed by atoms with E-state index in [-0.39, 0.29) is 18.0 Å². The first-order valence-corrected chi connectivity index (χ1v) is 11.5. The molecule has 5 aromatic rings. The van der Waals surface area contributed by atoms with Crippen LogP contribution in [0.2, 0.25) is 0 Å². The smallest absolute Gasteiger partial charge is 0.268 e. The lowest BCUT2D eigenvalue weighted by atomic mass is 10.2. The van der Waals surface area contributed by atoms with Gasteiger partial charge < -0.3 is 14.6 Å². The number of pyridine rings is 1. The maximum Gasteiger partial charge on any atom is 0.268 e. The van der Waals surface area contributed by atoms with Gasteiger partial charge in [-0.25, -0.2) is 4.98 Å². The Kier molecular flexibility index (Phi) is 6.06. The number of amides is 1. The summed E-state index contributed by atoms with van der Waals surface area (Å²) < 4.78 is 12.0. The van der Waals surface area contributed by atoms with Crippen LogP contribution in [-0.4, -0.2) is 37.7 Å². The van der Waals surface area contributed by atoms with Crippen LogP contribution in [0.1, 0.15) is 11.1 Å². The minimum absolute atomic E-state index is 0.150. The number of hydrogen-bond acceptors (Lipinski definition) is 9. The minimum atomic E-state index is -0.305. The largest absolute Gasteiger partial charge is 0.497 e. The van der Waals surface area contributed by atoms with Crippen LogP contribution in [0, 0.1) is 6.92 Å². The number of methoxy groups -OCH3 is 1. The van der Waals surface area contributed by atoms with Gasteiger partial charge in [-0.3, -0.25) is 19.1 Å². The lowest BCUT2D eigenvalue weighted by molar-refractivity contribution is -0.121. The summed E-state index contributed by atoms with van der Waals surface area (Å²) in [5, 5.41) is 7.29. The molecule has 4 heterocycles. The third kappa shape index (κ3) is 4.53. The SMILES string of the molecule is COc1cccc(CNC(=O)Cn2cnc3sc(-c4nc(-c5ccncc5)no4)c(C)c3c2=O)c1. The van der Waals surface area contributed by atoms with E-state index in [0.29, 0.717) is 44.7 Å². The van der Waals surface area contributed by atoms with Gasteiger partial charge in [-0.1, -0.05) is 17.3 Å². The number of carbonyl (C=O) groups excluding carboxylic acids is 1. The molecule has 0 fully saturated rings. The molecule has 11 heteroatoms. The first-order chi connectivity index (χ1) is 17.0. The molecule has 5 rings (SSSR count). The van der Waals surface area contributed by atoms with Crippen molar-refractivity contribution in [3.05, 3.63) is 76.6 Å². The van der Waals surface area contributed by atoms with Gasteiger partial charge in [-0.05, 0) is 42.3 Å². The van der Waals surface area contributed by atoms with E-state index >= 15 is 0 Å². The van der Waals surface area contributed by atoms with Crippen molar-refractivity contribution < 1.29 is 14.1 Å². The van der Waals surface area contributed by atoms with Crippen LogP contribution in [-0.2, 0) is 17.9 Å². The maximum absolute atomic E-state index is 13.2. The molecule has 1 aromatic carbocycles. The first kappa shape index (κ1) is 22.4. The molecule has 176 valence electrons. The van der Waals surface area contributed by atoms with Gasteiger partial charge >= 0.3 is 0 Å². The minimum Gasteiger partial charge on any atom is -0.497 e. The third-order valence-corrected chi connectivity index (χ3v) is 6.60. The number of hydrogen-bond donors (Lipinski definition) is 1. The van der Waals surface area contributed by atoms with Crippen molar-refractivity contribution in [2.24, 2.45) is 0 Å². The predicted molar refractivity (Wildman–Crippen MR) is 130 cm³/mol. The van der Waals surface area contributed by atoms with Crippen LogP contribution in [0.4, 0.5) is 0 Å². The van der Waals surface area contributed by atoms with E-state index in [1.54, 1.807) is 38.6 Å². The molecule has 0 atom stereocenters. The Morgan fingerprint density at radius 3 is 2.86 bits per heavy atom. The number of thiophene rings is 1. The van der Waals surface area contributed by atoms with Gasteiger partial charge in [0.1, 0.15) is 17.1 Å². The number of nitrogens with one attached hydrogen (secondary N) is 1. The number of fused-ring (bicyclic) bond motifs is 1. The fraction of sp³-hybridized carbons (Fsp3) is 0.167. The summed E-state index contributed by atoms with van der Waals surface area (Å²) in [5.41, 5.74) is 2.04. The summed E-state index contributed by atoms with van der Waals surface area (Å²) in [4.78, 5) is 39.7. The summed E-state index contributed by atoms with van der Waals surface area (Å²) in [6, 6.07) is 11.0. The van der Waals surface area contributed by atoms with Crippen LogP contribution >= 0.6 is 11.3 Å². The summed E-state index contributed by atoms with van der Waals surface area (Å²) >= 11 is 1.29. The summed E-state index contributed by atoms with van der Waals surface area (Å²) in [6.07, 6.45) is 4.68. The maximum atomic E-state index is 13.2. The average Bonchev–Trinajstić information content (AvgIpc) is 3.50. The third-order valence-electron chi connectivity index (χ3n) is 5.41. The Labute approximate surface area is 203 Å². The van der Waals surface area contributed by atoms with E-state index in [0.717, 1.165) is 11.1 Å². The predicted octanol–water partition coefficient (Wildman–Crippen LogP) is 3.20. The zero-order valence-corrected chi connectivity index (χ0v) is 19.7. The second-order valence-corrected chi connectivity index (χ2v) is 8.70. The monoisotopic (exact) mass is 488 g/mol.